The smallest absolute Gasteiger partial charge is 0.273 e. The van der Waals surface area contributed by atoms with Crippen LogP contribution in [0.5, 0.6) is 0 Å². The molecular weight excluding hydrogens is 218 g/mol. The molecule has 0 spiro atoms. The Kier molecular flexibility index (Phi) is 4.08. The first kappa shape index (κ1) is 12.0. The number of aromatic nitrogens is 3. The molecule has 6 nitrogen and oxygen atoms in total. The van der Waals surface area contributed by atoms with Gasteiger partial charge in [0.25, 0.3) is 5.91 Å². The van der Waals surface area contributed by atoms with Crippen LogP contribution in [0.25, 0.3) is 0 Å². The molecule has 1 aromatic heterocycles. The van der Waals surface area contributed by atoms with Gasteiger partial charge >= 0.3 is 0 Å². The van der Waals surface area contributed by atoms with Gasteiger partial charge in [-0.15, -0.1) is 5.10 Å². The van der Waals surface area contributed by atoms with Gasteiger partial charge in [0.2, 0.25) is 0 Å². The maximum Gasteiger partial charge on any atom is 0.273 e. The average Bonchev–Trinajstić information content (AvgIpc) is 2.71. The highest BCUT2D eigenvalue weighted by Gasteiger charge is 2.21. The fraction of sp³-hybridized carbons (Fsp3) is 0.727. The molecule has 0 aromatic carbocycles. The first-order chi connectivity index (χ1) is 8.31. The molecule has 2 heterocycles. The van der Waals surface area contributed by atoms with Crippen molar-refractivity contribution in [3.05, 3.63) is 11.9 Å². The third-order valence-electron chi connectivity index (χ3n) is 2.94. The van der Waals surface area contributed by atoms with Crippen molar-refractivity contribution >= 4 is 5.91 Å². The standard InChI is InChI=1S/C11H19N5O/c1-2-3-4-5-13-11(17)10-8-16(15-14-10)9-6-12-7-9/h8-9,12H,2-7H2,1H3,(H,13,17). The molecule has 1 fully saturated rings. The molecule has 6 heteroatoms. The molecule has 0 unspecified atom stereocenters. The van der Waals surface area contributed by atoms with Gasteiger partial charge in [-0.3, -0.25) is 4.79 Å². The van der Waals surface area contributed by atoms with Crippen molar-refractivity contribution in [1.82, 2.24) is 25.6 Å². The van der Waals surface area contributed by atoms with Crippen molar-refractivity contribution in [2.75, 3.05) is 19.6 Å². The zero-order valence-electron chi connectivity index (χ0n) is 10.1. The van der Waals surface area contributed by atoms with Gasteiger partial charge in [0.15, 0.2) is 5.69 Å². The van der Waals surface area contributed by atoms with E-state index in [1.165, 1.54) is 0 Å². The molecule has 2 rings (SSSR count). The second-order valence-electron chi connectivity index (χ2n) is 4.36. The third-order valence-corrected chi connectivity index (χ3v) is 2.94. The lowest BCUT2D eigenvalue weighted by Crippen LogP contribution is -2.43. The number of carbonyl (C=O) groups excluding carboxylic acids is 1. The van der Waals surface area contributed by atoms with E-state index in [9.17, 15) is 4.79 Å². The molecule has 94 valence electrons. The Morgan fingerprint density at radius 1 is 1.59 bits per heavy atom. The monoisotopic (exact) mass is 237 g/mol. The van der Waals surface area contributed by atoms with Crippen LogP contribution in [0.1, 0.15) is 42.7 Å². The number of amides is 1. The van der Waals surface area contributed by atoms with Crippen LogP contribution in [0.4, 0.5) is 0 Å². The third kappa shape index (κ3) is 3.03. The summed E-state index contributed by atoms with van der Waals surface area (Å²) in [6.45, 7) is 4.66. The van der Waals surface area contributed by atoms with E-state index >= 15 is 0 Å². The van der Waals surface area contributed by atoms with Crippen LogP contribution in [-0.4, -0.2) is 40.5 Å². The van der Waals surface area contributed by atoms with Crippen LogP contribution in [0.2, 0.25) is 0 Å². The number of rotatable bonds is 6. The molecule has 1 saturated heterocycles. The molecule has 0 radical (unpaired) electrons. The van der Waals surface area contributed by atoms with E-state index in [1.54, 1.807) is 10.9 Å². The Morgan fingerprint density at radius 3 is 3.06 bits per heavy atom. The quantitative estimate of drug-likeness (QED) is 0.700. The van der Waals surface area contributed by atoms with E-state index in [1.807, 2.05) is 0 Å². The maximum absolute atomic E-state index is 11.7. The molecule has 2 N–H and O–H groups in total. The lowest BCUT2D eigenvalue weighted by atomic mass is 10.2. The van der Waals surface area contributed by atoms with Gasteiger partial charge in [0.1, 0.15) is 0 Å². The van der Waals surface area contributed by atoms with E-state index in [4.69, 9.17) is 0 Å². The molecule has 1 aromatic rings. The molecule has 0 bridgehead atoms. The summed E-state index contributed by atoms with van der Waals surface area (Å²) in [6.07, 6.45) is 5.03. The Bertz CT molecular complexity index is 372. The fourth-order valence-electron chi connectivity index (χ4n) is 1.69. The molecule has 1 amide bonds. The first-order valence-electron chi connectivity index (χ1n) is 6.22. The zero-order chi connectivity index (χ0) is 12.1. The predicted octanol–water partition coefficient (Wildman–Crippen LogP) is 0.342. The second-order valence-corrected chi connectivity index (χ2v) is 4.36. The minimum Gasteiger partial charge on any atom is -0.351 e. The Hall–Kier alpha value is -1.43. The second kappa shape index (κ2) is 5.77. The van der Waals surface area contributed by atoms with Crippen LogP contribution < -0.4 is 10.6 Å². The van der Waals surface area contributed by atoms with Crippen molar-refractivity contribution in [3.8, 4) is 0 Å². The van der Waals surface area contributed by atoms with Crippen molar-refractivity contribution in [1.29, 1.82) is 0 Å². The number of hydrogen-bond acceptors (Lipinski definition) is 4. The maximum atomic E-state index is 11.7. The summed E-state index contributed by atoms with van der Waals surface area (Å²) < 4.78 is 1.76. The lowest BCUT2D eigenvalue weighted by Gasteiger charge is -2.26. The largest absolute Gasteiger partial charge is 0.351 e. The Morgan fingerprint density at radius 2 is 2.41 bits per heavy atom. The van der Waals surface area contributed by atoms with Crippen LogP contribution in [-0.2, 0) is 0 Å². The molecule has 0 atom stereocenters. The van der Waals surface area contributed by atoms with Gasteiger partial charge in [0.05, 0.1) is 12.2 Å². The molecule has 17 heavy (non-hydrogen) atoms. The van der Waals surface area contributed by atoms with Crippen LogP contribution in [0.3, 0.4) is 0 Å². The SMILES string of the molecule is CCCCCNC(=O)c1cn(C2CNC2)nn1. The highest BCUT2D eigenvalue weighted by Crippen LogP contribution is 2.09. The number of hydrogen-bond donors (Lipinski definition) is 2. The predicted molar refractivity (Wildman–Crippen MR) is 63.8 cm³/mol. The molecule has 1 aliphatic rings. The van der Waals surface area contributed by atoms with Crippen molar-refractivity contribution in [2.45, 2.75) is 32.2 Å². The van der Waals surface area contributed by atoms with Crippen molar-refractivity contribution in [2.24, 2.45) is 0 Å². The van der Waals surface area contributed by atoms with E-state index in [2.05, 4.69) is 27.9 Å². The van der Waals surface area contributed by atoms with Crippen molar-refractivity contribution < 1.29 is 4.79 Å². The number of nitrogens with one attached hydrogen (secondary N) is 2. The normalized spacial score (nSPS) is 15.6. The van der Waals surface area contributed by atoms with E-state index in [0.29, 0.717) is 18.3 Å². The molecule has 1 aliphatic heterocycles. The van der Waals surface area contributed by atoms with Gasteiger partial charge in [-0.05, 0) is 6.42 Å². The summed E-state index contributed by atoms with van der Waals surface area (Å²) >= 11 is 0. The summed E-state index contributed by atoms with van der Waals surface area (Å²) in [5, 5.41) is 13.9. The van der Waals surface area contributed by atoms with Crippen LogP contribution in [0.15, 0.2) is 6.20 Å². The first-order valence-corrected chi connectivity index (χ1v) is 6.22. The minimum atomic E-state index is -0.125. The number of nitrogens with zero attached hydrogens (tertiary/aromatic N) is 3. The summed E-state index contributed by atoms with van der Waals surface area (Å²) in [4.78, 5) is 11.7. The minimum absolute atomic E-state index is 0.125. The van der Waals surface area contributed by atoms with Gasteiger partial charge < -0.3 is 10.6 Å². The lowest BCUT2D eigenvalue weighted by molar-refractivity contribution is 0.0948. The number of unbranched alkanes of at least 4 members (excludes halogenated alkanes) is 2. The molecular formula is C11H19N5O. The van der Waals surface area contributed by atoms with E-state index in [-0.39, 0.29) is 5.91 Å². The molecule has 0 saturated carbocycles. The summed E-state index contributed by atoms with van der Waals surface area (Å²) in [5.74, 6) is -0.125. The van der Waals surface area contributed by atoms with E-state index < -0.39 is 0 Å². The van der Waals surface area contributed by atoms with Gasteiger partial charge in [-0.2, -0.15) is 0 Å². The Balaban J connectivity index is 1.80. The Labute approximate surface area is 101 Å². The summed E-state index contributed by atoms with van der Waals surface area (Å²) in [5.41, 5.74) is 0.411. The van der Waals surface area contributed by atoms with Gasteiger partial charge in [0, 0.05) is 19.6 Å². The van der Waals surface area contributed by atoms with Gasteiger partial charge in [-0.1, -0.05) is 25.0 Å². The van der Waals surface area contributed by atoms with Crippen LogP contribution >= 0.6 is 0 Å². The number of carbonyl (C=O) groups is 1. The highest BCUT2D eigenvalue weighted by atomic mass is 16.2. The van der Waals surface area contributed by atoms with E-state index in [0.717, 1.165) is 32.4 Å². The average molecular weight is 237 g/mol. The summed E-state index contributed by atoms with van der Waals surface area (Å²) in [6, 6.07) is 0.351. The summed E-state index contributed by atoms with van der Waals surface area (Å²) in [7, 11) is 0. The molecule has 0 aliphatic carbocycles. The van der Waals surface area contributed by atoms with Crippen LogP contribution in [0, 0.1) is 0 Å². The van der Waals surface area contributed by atoms with Gasteiger partial charge in [-0.25, -0.2) is 4.68 Å². The highest BCUT2D eigenvalue weighted by molar-refractivity contribution is 5.91. The van der Waals surface area contributed by atoms with Crippen molar-refractivity contribution in [3.63, 3.8) is 0 Å². The zero-order valence-corrected chi connectivity index (χ0v) is 10.1. The fourth-order valence-corrected chi connectivity index (χ4v) is 1.69. The topological polar surface area (TPSA) is 71.8 Å².